The molecular weight excluding hydrogens is 380 g/mol. The van der Waals surface area contributed by atoms with Crippen molar-refractivity contribution in [2.75, 3.05) is 0 Å². The normalized spacial score (nSPS) is 11.0. The SMILES string of the molecule is Cn1c(=O)n(Cc2ccccc2)c(=O)c2cc(C(=O)OCc3ncc[nH]3)sc21. The van der Waals surface area contributed by atoms with Crippen molar-refractivity contribution in [2.24, 2.45) is 7.05 Å². The van der Waals surface area contributed by atoms with Gasteiger partial charge in [-0.15, -0.1) is 11.3 Å². The first-order chi connectivity index (χ1) is 13.5. The van der Waals surface area contributed by atoms with Gasteiger partial charge in [-0.05, 0) is 11.6 Å². The van der Waals surface area contributed by atoms with Crippen LogP contribution in [0, 0.1) is 0 Å². The lowest BCUT2D eigenvalue weighted by atomic mass is 10.2. The van der Waals surface area contributed by atoms with Crippen molar-refractivity contribution in [3.05, 3.63) is 85.9 Å². The number of hydrogen-bond acceptors (Lipinski definition) is 6. The summed E-state index contributed by atoms with van der Waals surface area (Å²) in [6, 6.07) is 10.7. The van der Waals surface area contributed by atoms with Crippen LogP contribution in [0.5, 0.6) is 0 Å². The van der Waals surface area contributed by atoms with Gasteiger partial charge in [0.05, 0.1) is 11.9 Å². The molecule has 3 aromatic heterocycles. The van der Waals surface area contributed by atoms with E-state index in [1.807, 2.05) is 30.3 Å². The minimum Gasteiger partial charge on any atom is -0.453 e. The van der Waals surface area contributed by atoms with Crippen molar-refractivity contribution < 1.29 is 9.53 Å². The molecule has 0 atom stereocenters. The number of aromatic nitrogens is 4. The molecule has 0 amide bonds. The predicted molar refractivity (Wildman–Crippen MR) is 105 cm³/mol. The van der Waals surface area contributed by atoms with E-state index in [4.69, 9.17) is 4.74 Å². The number of H-pyrrole nitrogens is 1. The topological polar surface area (TPSA) is 99.0 Å². The Morgan fingerprint density at radius 2 is 2.04 bits per heavy atom. The van der Waals surface area contributed by atoms with Crippen molar-refractivity contribution >= 4 is 27.5 Å². The van der Waals surface area contributed by atoms with Gasteiger partial charge in [-0.2, -0.15) is 0 Å². The lowest BCUT2D eigenvalue weighted by Gasteiger charge is -2.08. The molecule has 0 aliphatic heterocycles. The maximum absolute atomic E-state index is 12.9. The van der Waals surface area contributed by atoms with Crippen molar-refractivity contribution in [3.8, 4) is 0 Å². The Hall–Kier alpha value is -3.46. The molecule has 0 fully saturated rings. The van der Waals surface area contributed by atoms with Crippen LogP contribution in [0.25, 0.3) is 10.2 Å². The highest BCUT2D eigenvalue weighted by Gasteiger charge is 2.19. The lowest BCUT2D eigenvalue weighted by molar-refractivity contribution is 0.0469. The van der Waals surface area contributed by atoms with Gasteiger partial charge in [0.2, 0.25) is 0 Å². The van der Waals surface area contributed by atoms with Crippen LogP contribution in [0.1, 0.15) is 21.1 Å². The summed E-state index contributed by atoms with van der Waals surface area (Å²) in [6.45, 7) is 0.160. The van der Waals surface area contributed by atoms with Crippen LogP contribution >= 0.6 is 11.3 Å². The number of fused-ring (bicyclic) bond motifs is 1. The Kier molecular flexibility index (Phi) is 4.66. The summed E-state index contributed by atoms with van der Waals surface area (Å²) in [4.78, 5) is 45.4. The Bertz CT molecular complexity index is 1250. The molecule has 0 aliphatic carbocycles. The van der Waals surface area contributed by atoms with Gasteiger partial charge in [0, 0.05) is 19.4 Å². The van der Waals surface area contributed by atoms with Crippen molar-refractivity contribution in [1.82, 2.24) is 19.1 Å². The molecule has 1 aromatic carbocycles. The summed E-state index contributed by atoms with van der Waals surface area (Å²) < 4.78 is 7.77. The second kappa shape index (κ2) is 7.28. The van der Waals surface area contributed by atoms with Crippen LogP contribution in [-0.4, -0.2) is 25.1 Å². The Morgan fingerprint density at radius 3 is 2.75 bits per heavy atom. The number of aryl methyl sites for hydroxylation is 1. The molecular formula is C19H16N4O4S. The molecule has 28 heavy (non-hydrogen) atoms. The van der Waals surface area contributed by atoms with E-state index in [2.05, 4.69) is 9.97 Å². The summed E-state index contributed by atoms with van der Waals surface area (Å²) in [5.41, 5.74) is -0.0173. The van der Waals surface area contributed by atoms with E-state index in [-0.39, 0.29) is 18.0 Å². The lowest BCUT2D eigenvalue weighted by Crippen LogP contribution is -2.38. The number of thiophene rings is 1. The van der Waals surface area contributed by atoms with Crippen LogP contribution < -0.4 is 11.2 Å². The van der Waals surface area contributed by atoms with Crippen molar-refractivity contribution in [2.45, 2.75) is 13.2 Å². The van der Waals surface area contributed by atoms with E-state index < -0.39 is 17.2 Å². The second-order valence-corrected chi connectivity index (χ2v) is 7.19. The fourth-order valence-corrected chi connectivity index (χ4v) is 3.87. The van der Waals surface area contributed by atoms with Crippen LogP contribution in [0.15, 0.2) is 58.4 Å². The third-order valence-electron chi connectivity index (χ3n) is 4.29. The highest BCUT2D eigenvalue weighted by Crippen LogP contribution is 2.22. The number of imidazole rings is 1. The Balaban J connectivity index is 1.70. The molecule has 0 saturated heterocycles. The van der Waals surface area contributed by atoms with Crippen LogP contribution in [0.3, 0.4) is 0 Å². The monoisotopic (exact) mass is 396 g/mol. The molecule has 0 saturated carbocycles. The van der Waals surface area contributed by atoms with Crippen LogP contribution in [0.4, 0.5) is 0 Å². The van der Waals surface area contributed by atoms with E-state index in [1.165, 1.54) is 15.2 Å². The molecule has 0 aliphatic rings. The number of benzene rings is 1. The first-order valence-electron chi connectivity index (χ1n) is 8.47. The van der Waals surface area contributed by atoms with Gasteiger partial charge in [-0.25, -0.2) is 14.6 Å². The third kappa shape index (κ3) is 3.27. The highest BCUT2D eigenvalue weighted by atomic mass is 32.1. The molecule has 0 radical (unpaired) electrons. The largest absolute Gasteiger partial charge is 0.453 e. The standard InChI is InChI=1S/C19H16N4O4S/c1-22-17-13(9-14(28-17)18(25)27-11-15-20-7-8-21-15)16(24)23(19(22)26)10-12-5-3-2-4-6-12/h2-9H,10-11H2,1H3,(H,20,21). The molecule has 3 heterocycles. The number of carbonyl (C=O) groups is 1. The Labute approximate surface area is 162 Å². The molecule has 0 unspecified atom stereocenters. The first-order valence-corrected chi connectivity index (χ1v) is 9.29. The average Bonchev–Trinajstić information content (AvgIpc) is 3.38. The number of nitrogens with one attached hydrogen (secondary N) is 1. The van der Waals surface area contributed by atoms with Gasteiger partial charge in [0.15, 0.2) is 0 Å². The zero-order chi connectivity index (χ0) is 19.7. The fourth-order valence-electron chi connectivity index (χ4n) is 2.87. The van der Waals surface area contributed by atoms with E-state index >= 15 is 0 Å². The molecule has 0 bridgehead atoms. The van der Waals surface area contributed by atoms with Crippen molar-refractivity contribution in [1.29, 1.82) is 0 Å². The second-order valence-electron chi connectivity index (χ2n) is 6.16. The van der Waals surface area contributed by atoms with Crippen LogP contribution in [-0.2, 0) is 24.9 Å². The minimum absolute atomic E-state index is 0.00273. The first kappa shape index (κ1) is 17.9. The summed E-state index contributed by atoms with van der Waals surface area (Å²) in [5, 5.41) is 0.313. The number of nitrogens with zero attached hydrogens (tertiary/aromatic N) is 3. The summed E-state index contributed by atoms with van der Waals surface area (Å²) in [7, 11) is 1.58. The number of carbonyl (C=O) groups excluding carboxylic acids is 1. The van der Waals surface area contributed by atoms with Crippen LogP contribution in [0.2, 0.25) is 0 Å². The molecule has 4 rings (SSSR count). The molecule has 1 N–H and O–H groups in total. The number of ether oxygens (including phenoxy) is 1. The molecule has 142 valence electrons. The summed E-state index contributed by atoms with van der Waals surface area (Å²) >= 11 is 1.06. The van der Waals surface area contributed by atoms with E-state index in [0.717, 1.165) is 16.9 Å². The van der Waals surface area contributed by atoms with Gasteiger partial charge in [0.25, 0.3) is 5.56 Å². The zero-order valence-electron chi connectivity index (χ0n) is 14.9. The smallest absolute Gasteiger partial charge is 0.348 e. The predicted octanol–water partition coefficient (Wildman–Crippen LogP) is 1.89. The highest BCUT2D eigenvalue weighted by molar-refractivity contribution is 7.20. The molecule has 9 heteroatoms. The van der Waals surface area contributed by atoms with Gasteiger partial charge >= 0.3 is 11.7 Å². The number of aromatic amines is 1. The van der Waals surface area contributed by atoms with Crippen molar-refractivity contribution in [3.63, 3.8) is 0 Å². The number of rotatable bonds is 5. The van der Waals surface area contributed by atoms with Gasteiger partial charge < -0.3 is 9.72 Å². The van der Waals surface area contributed by atoms with E-state index in [0.29, 0.717) is 16.0 Å². The maximum atomic E-state index is 12.9. The van der Waals surface area contributed by atoms with E-state index in [9.17, 15) is 14.4 Å². The summed E-state index contributed by atoms with van der Waals surface area (Å²) in [6.07, 6.45) is 3.20. The maximum Gasteiger partial charge on any atom is 0.348 e. The molecule has 4 aromatic rings. The molecule has 0 spiro atoms. The quantitative estimate of drug-likeness (QED) is 0.520. The minimum atomic E-state index is -0.570. The fraction of sp³-hybridized carbons (Fsp3) is 0.158. The third-order valence-corrected chi connectivity index (χ3v) is 5.48. The van der Waals surface area contributed by atoms with E-state index in [1.54, 1.807) is 19.4 Å². The van der Waals surface area contributed by atoms with Gasteiger partial charge in [-0.1, -0.05) is 30.3 Å². The Morgan fingerprint density at radius 1 is 1.25 bits per heavy atom. The molecule has 8 nitrogen and oxygen atoms in total. The number of esters is 1. The van der Waals surface area contributed by atoms with Gasteiger partial charge in [-0.3, -0.25) is 13.9 Å². The average molecular weight is 396 g/mol. The number of hydrogen-bond donors (Lipinski definition) is 1. The van der Waals surface area contributed by atoms with Gasteiger partial charge in [0.1, 0.15) is 22.1 Å². The summed E-state index contributed by atoms with van der Waals surface area (Å²) in [5.74, 6) is -0.0499. The zero-order valence-corrected chi connectivity index (χ0v) is 15.7.